The van der Waals surface area contributed by atoms with Crippen LogP contribution in [-0.4, -0.2) is 18.0 Å². The van der Waals surface area contributed by atoms with Crippen LogP contribution in [0.5, 0.6) is 0 Å². The van der Waals surface area contributed by atoms with Crippen molar-refractivity contribution in [3.05, 3.63) is 181 Å². The average Bonchev–Trinajstić information content (AvgIpc) is 3.07. The number of hydrogen-bond acceptors (Lipinski definition) is 3. The minimum Gasteiger partial charge on any atom is -0.361 e. The minimum atomic E-state index is -3.49. The molecule has 43 heavy (non-hydrogen) atoms. The van der Waals surface area contributed by atoms with E-state index in [1.807, 2.05) is 122 Å². The standard InChI is InChI=1S/C39H37O3P/c1-30(2)37(40)38(43(41,35-25-15-7-16-26-35)36-27-17-8-18-28-36)31(3)29-42-39(32-19-9-4-10-20-32,33-21-11-5-12-22-33)34-23-13-6-14-24-34/h4-28,31,38H,1,29H2,2-3H3/t31-,38-/m0/s1. The fourth-order valence-electron chi connectivity index (χ4n) is 5.92. The number of rotatable bonds is 12. The summed E-state index contributed by atoms with van der Waals surface area (Å²) in [6.07, 6.45) is 0. The smallest absolute Gasteiger partial charge is 0.169 e. The van der Waals surface area contributed by atoms with E-state index in [4.69, 9.17) is 4.74 Å². The number of carbonyl (C=O) groups is 1. The second-order valence-corrected chi connectivity index (χ2v) is 13.9. The molecule has 0 aromatic heterocycles. The molecule has 0 spiro atoms. The van der Waals surface area contributed by atoms with Gasteiger partial charge in [-0.1, -0.05) is 165 Å². The second kappa shape index (κ2) is 13.3. The van der Waals surface area contributed by atoms with Crippen LogP contribution in [0.15, 0.2) is 164 Å². The highest BCUT2D eigenvalue weighted by atomic mass is 31.2. The van der Waals surface area contributed by atoms with Crippen LogP contribution in [0.25, 0.3) is 0 Å². The zero-order valence-electron chi connectivity index (χ0n) is 24.7. The van der Waals surface area contributed by atoms with E-state index in [1.54, 1.807) is 6.92 Å². The van der Waals surface area contributed by atoms with Crippen molar-refractivity contribution in [2.75, 3.05) is 6.61 Å². The van der Waals surface area contributed by atoms with Crippen molar-refractivity contribution in [1.82, 2.24) is 0 Å². The maximum atomic E-state index is 15.5. The maximum absolute atomic E-state index is 15.5. The average molecular weight is 585 g/mol. The van der Waals surface area contributed by atoms with Crippen LogP contribution in [0, 0.1) is 5.92 Å². The number of carbonyl (C=O) groups excluding carboxylic acids is 1. The van der Waals surface area contributed by atoms with Gasteiger partial charge in [0, 0.05) is 10.6 Å². The Bertz CT molecular complexity index is 1540. The highest BCUT2D eigenvalue weighted by Crippen LogP contribution is 2.53. The van der Waals surface area contributed by atoms with Gasteiger partial charge < -0.3 is 9.30 Å². The Hall–Kier alpha value is -4.30. The molecule has 216 valence electrons. The lowest BCUT2D eigenvalue weighted by atomic mass is 9.80. The molecule has 0 aliphatic rings. The maximum Gasteiger partial charge on any atom is 0.169 e. The third-order valence-electron chi connectivity index (χ3n) is 8.00. The topological polar surface area (TPSA) is 43.4 Å². The highest BCUT2D eigenvalue weighted by Gasteiger charge is 2.46. The quantitative estimate of drug-likeness (QED) is 0.0844. The van der Waals surface area contributed by atoms with Crippen LogP contribution >= 0.6 is 7.14 Å². The molecule has 2 atom stereocenters. The van der Waals surface area contributed by atoms with Gasteiger partial charge in [-0.2, -0.15) is 0 Å². The van der Waals surface area contributed by atoms with E-state index in [0.29, 0.717) is 16.2 Å². The third kappa shape index (κ3) is 5.97. The van der Waals surface area contributed by atoms with Crippen molar-refractivity contribution >= 4 is 23.5 Å². The summed E-state index contributed by atoms with van der Waals surface area (Å²) in [5, 5.41) is 1.29. The predicted octanol–water partition coefficient (Wildman–Crippen LogP) is 8.16. The molecule has 0 radical (unpaired) electrons. The van der Waals surface area contributed by atoms with Gasteiger partial charge >= 0.3 is 0 Å². The highest BCUT2D eigenvalue weighted by molar-refractivity contribution is 7.80. The van der Waals surface area contributed by atoms with E-state index in [1.165, 1.54) is 0 Å². The molecular formula is C39H37O3P. The van der Waals surface area contributed by atoms with Crippen LogP contribution in [0.3, 0.4) is 0 Å². The number of benzene rings is 5. The van der Waals surface area contributed by atoms with Crippen molar-refractivity contribution in [3.63, 3.8) is 0 Å². The molecule has 0 aliphatic carbocycles. The van der Waals surface area contributed by atoms with Gasteiger partial charge in [-0.25, -0.2) is 0 Å². The first-order chi connectivity index (χ1) is 20.9. The molecule has 5 aromatic carbocycles. The molecule has 0 saturated heterocycles. The number of allylic oxidation sites excluding steroid dienone is 1. The zero-order valence-corrected chi connectivity index (χ0v) is 25.6. The summed E-state index contributed by atoms with van der Waals surface area (Å²) < 4.78 is 22.6. The number of hydrogen-bond donors (Lipinski definition) is 0. The van der Waals surface area contributed by atoms with Gasteiger partial charge in [0.25, 0.3) is 0 Å². The molecule has 0 fully saturated rings. The second-order valence-electron chi connectivity index (χ2n) is 11.0. The molecular weight excluding hydrogens is 547 g/mol. The van der Waals surface area contributed by atoms with Crippen LogP contribution in [0.1, 0.15) is 30.5 Å². The molecule has 0 N–H and O–H groups in total. The molecule has 0 amide bonds. The predicted molar refractivity (Wildman–Crippen MR) is 178 cm³/mol. The zero-order chi connectivity index (χ0) is 30.3. The Balaban J connectivity index is 1.66. The largest absolute Gasteiger partial charge is 0.361 e. The van der Waals surface area contributed by atoms with Crippen molar-refractivity contribution in [2.45, 2.75) is 25.1 Å². The minimum absolute atomic E-state index is 0.173. The van der Waals surface area contributed by atoms with E-state index in [9.17, 15) is 4.79 Å². The molecule has 0 bridgehead atoms. The molecule has 3 nitrogen and oxygen atoms in total. The van der Waals surface area contributed by atoms with E-state index >= 15 is 4.57 Å². The van der Waals surface area contributed by atoms with Crippen LogP contribution < -0.4 is 10.6 Å². The summed E-state index contributed by atoms with van der Waals surface area (Å²) in [6, 6.07) is 49.2. The normalized spacial score (nSPS) is 13.2. The molecule has 0 heterocycles. The lowest BCUT2D eigenvalue weighted by molar-refractivity contribution is -0.116. The Labute approximate surface area is 255 Å². The Kier molecular flexibility index (Phi) is 9.36. The SMILES string of the molecule is C=C(C)C(=O)[C@H]([C@@H](C)COC(c1ccccc1)(c1ccccc1)c1ccccc1)P(=O)(c1ccccc1)c1ccccc1. The van der Waals surface area contributed by atoms with Gasteiger partial charge in [0.2, 0.25) is 0 Å². The summed E-state index contributed by atoms with van der Waals surface area (Å²) in [5.74, 6) is -0.636. The molecule has 5 rings (SSSR count). The Morgan fingerprint density at radius 1 is 0.651 bits per heavy atom. The lowest BCUT2D eigenvalue weighted by Gasteiger charge is -2.38. The Morgan fingerprint density at radius 3 is 1.30 bits per heavy atom. The van der Waals surface area contributed by atoms with E-state index in [0.717, 1.165) is 16.7 Å². The summed E-state index contributed by atoms with van der Waals surface area (Å²) in [7, 11) is -3.49. The van der Waals surface area contributed by atoms with Crippen LogP contribution in [-0.2, 0) is 19.7 Å². The monoisotopic (exact) mass is 584 g/mol. The summed E-state index contributed by atoms with van der Waals surface area (Å²) in [5.41, 5.74) is 1.46. The first kappa shape index (κ1) is 30.2. The van der Waals surface area contributed by atoms with Gasteiger partial charge in [-0.05, 0) is 35.1 Å². The number of Topliss-reactive ketones (excluding diaryl/α,β-unsaturated/α-hetero) is 1. The summed E-state index contributed by atoms with van der Waals surface area (Å²) in [6.45, 7) is 7.84. The molecule has 4 heteroatoms. The molecule has 0 unspecified atom stereocenters. The van der Waals surface area contributed by atoms with E-state index in [2.05, 4.69) is 43.0 Å². The third-order valence-corrected chi connectivity index (χ3v) is 11.7. The van der Waals surface area contributed by atoms with Crippen LogP contribution in [0.2, 0.25) is 0 Å². The fourth-order valence-corrected chi connectivity index (χ4v) is 9.44. The van der Waals surface area contributed by atoms with Crippen LogP contribution in [0.4, 0.5) is 0 Å². The van der Waals surface area contributed by atoms with Crippen molar-refractivity contribution in [1.29, 1.82) is 0 Å². The van der Waals surface area contributed by atoms with E-state index in [-0.39, 0.29) is 12.4 Å². The molecule has 5 aromatic rings. The molecule has 0 saturated carbocycles. The van der Waals surface area contributed by atoms with Gasteiger partial charge in [-0.3, -0.25) is 4.79 Å². The van der Waals surface area contributed by atoms with Crippen molar-refractivity contribution in [3.8, 4) is 0 Å². The van der Waals surface area contributed by atoms with Gasteiger partial charge in [0.1, 0.15) is 5.60 Å². The van der Waals surface area contributed by atoms with Crippen molar-refractivity contribution in [2.24, 2.45) is 5.92 Å². The van der Waals surface area contributed by atoms with Crippen molar-refractivity contribution < 1.29 is 14.1 Å². The molecule has 0 aliphatic heterocycles. The summed E-state index contributed by atoms with van der Waals surface area (Å²) in [4.78, 5) is 14.1. The van der Waals surface area contributed by atoms with Gasteiger partial charge in [0.15, 0.2) is 12.9 Å². The van der Waals surface area contributed by atoms with Gasteiger partial charge in [-0.15, -0.1) is 0 Å². The Morgan fingerprint density at radius 2 is 0.977 bits per heavy atom. The summed E-state index contributed by atoms with van der Waals surface area (Å²) >= 11 is 0. The first-order valence-electron chi connectivity index (χ1n) is 14.6. The van der Waals surface area contributed by atoms with E-state index < -0.39 is 24.3 Å². The number of ether oxygens (including phenoxy) is 1. The lowest BCUT2D eigenvalue weighted by Crippen LogP contribution is -2.41. The fraction of sp³-hybridized carbons (Fsp3) is 0.154. The number of ketones is 1. The van der Waals surface area contributed by atoms with Gasteiger partial charge in [0.05, 0.1) is 12.3 Å². The first-order valence-corrected chi connectivity index (χ1v) is 16.4.